The lowest BCUT2D eigenvalue weighted by atomic mass is 9.83. The molecule has 1 spiro atoms. The van der Waals surface area contributed by atoms with Gasteiger partial charge in [-0.15, -0.1) is 0 Å². The predicted octanol–water partition coefficient (Wildman–Crippen LogP) is 1.94. The van der Waals surface area contributed by atoms with Crippen LogP contribution in [0.25, 0.3) is 0 Å². The Labute approximate surface area is 136 Å². The molecule has 0 aliphatic carbocycles. The summed E-state index contributed by atoms with van der Waals surface area (Å²) in [6.07, 6.45) is 2.18. The summed E-state index contributed by atoms with van der Waals surface area (Å²) in [4.78, 5) is 21.5. The van der Waals surface area contributed by atoms with Gasteiger partial charge >= 0.3 is 6.03 Å². The number of amides is 2. The predicted molar refractivity (Wildman–Crippen MR) is 91.2 cm³/mol. The van der Waals surface area contributed by atoms with Crippen LogP contribution in [0.5, 0.6) is 0 Å². The van der Waals surface area contributed by atoms with Crippen molar-refractivity contribution in [2.24, 2.45) is 0 Å². The average Bonchev–Trinajstić information content (AvgIpc) is 2.49. The second-order valence-electron chi connectivity index (χ2n) is 7.68. The maximum Gasteiger partial charge on any atom is 0.319 e. The fraction of sp³-hybridized carbons (Fsp3) is 0.941. The highest BCUT2D eigenvalue weighted by Crippen LogP contribution is 2.32. The maximum atomic E-state index is 12.5. The van der Waals surface area contributed by atoms with E-state index < -0.39 is 0 Å². The lowest BCUT2D eigenvalue weighted by Gasteiger charge is -2.54. The summed E-state index contributed by atoms with van der Waals surface area (Å²) < 4.78 is 0. The maximum absolute atomic E-state index is 12.5. The first-order valence-electron chi connectivity index (χ1n) is 8.74. The number of nitrogens with zero attached hydrogens (tertiary/aromatic N) is 4. The highest BCUT2D eigenvalue weighted by molar-refractivity contribution is 5.74. The number of rotatable bonds is 2. The van der Waals surface area contributed by atoms with Gasteiger partial charge in [0.25, 0.3) is 0 Å². The van der Waals surface area contributed by atoms with Gasteiger partial charge in [0.1, 0.15) is 0 Å². The van der Waals surface area contributed by atoms with E-state index in [2.05, 4.69) is 44.5 Å². The summed E-state index contributed by atoms with van der Waals surface area (Å²) in [5.41, 5.74) is 0.260. The molecule has 0 aromatic heterocycles. The largest absolute Gasteiger partial charge is 0.325 e. The van der Waals surface area contributed by atoms with Crippen LogP contribution in [-0.4, -0.2) is 90.1 Å². The van der Waals surface area contributed by atoms with Crippen LogP contribution >= 0.6 is 0 Å². The smallest absolute Gasteiger partial charge is 0.319 e. The number of hydrogen-bond donors (Lipinski definition) is 0. The number of piperidine rings is 1. The normalized spacial score (nSPS) is 23.5. The van der Waals surface area contributed by atoms with Gasteiger partial charge in [0.2, 0.25) is 0 Å². The zero-order chi connectivity index (χ0) is 16.5. The summed E-state index contributed by atoms with van der Waals surface area (Å²) in [7, 11) is 4.17. The molecule has 2 heterocycles. The highest BCUT2D eigenvalue weighted by Gasteiger charge is 2.43. The number of likely N-dealkylation sites (tertiary alicyclic amines) is 1. The molecule has 2 rings (SSSR count). The lowest BCUT2D eigenvalue weighted by molar-refractivity contribution is -0.0322. The molecular formula is C17H34N4O. The zero-order valence-electron chi connectivity index (χ0n) is 15.3. The molecule has 0 saturated carbocycles. The van der Waals surface area contributed by atoms with E-state index in [0.29, 0.717) is 6.04 Å². The highest BCUT2D eigenvalue weighted by atomic mass is 16.2. The fourth-order valence-electron chi connectivity index (χ4n) is 3.63. The van der Waals surface area contributed by atoms with Crippen molar-refractivity contribution < 1.29 is 4.79 Å². The molecule has 5 heteroatoms. The summed E-state index contributed by atoms with van der Waals surface area (Å²) in [6, 6.07) is 1.05. The van der Waals surface area contributed by atoms with E-state index in [1.54, 1.807) is 0 Å². The number of piperazine rings is 1. The molecule has 22 heavy (non-hydrogen) atoms. The quantitative estimate of drug-likeness (QED) is 0.781. The minimum Gasteiger partial charge on any atom is -0.325 e. The molecule has 2 fully saturated rings. The summed E-state index contributed by atoms with van der Waals surface area (Å²) in [5.74, 6) is 0. The van der Waals surface area contributed by atoms with Crippen LogP contribution in [0, 0.1) is 0 Å². The number of carbonyl (C=O) groups excluding carboxylic acids is 1. The Morgan fingerprint density at radius 3 is 2.14 bits per heavy atom. The molecular weight excluding hydrogens is 276 g/mol. The Kier molecular flexibility index (Phi) is 5.38. The van der Waals surface area contributed by atoms with Crippen LogP contribution in [0.3, 0.4) is 0 Å². The second kappa shape index (κ2) is 6.75. The minimum absolute atomic E-state index is 0.184. The molecule has 2 aliphatic heterocycles. The Morgan fingerprint density at radius 2 is 1.64 bits per heavy atom. The van der Waals surface area contributed by atoms with Crippen molar-refractivity contribution in [1.29, 1.82) is 0 Å². The summed E-state index contributed by atoms with van der Waals surface area (Å²) in [6.45, 7) is 13.9. The van der Waals surface area contributed by atoms with Crippen LogP contribution in [0.4, 0.5) is 4.79 Å². The van der Waals surface area contributed by atoms with Crippen molar-refractivity contribution in [2.75, 3.05) is 46.8 Å². The third-order valence-electron chi connectivity index (χ3n) is 5.80. The fourth-order valence-corrected chi connectivity index (χ4v) is 3.63. The molecule has 2 amide bonds. The molecule has 2 saturated heterocycles. The standard InChI is InChI=1S/C17H34N4O/c1-14(2)19(6)16(22)20-9-7-17(8-10-20)13-21(15(3)4)12-11-18(17)5/h14-15H,7-13H2,1-6H3. The van der Waals surface area contributed by atoms with Gasteiger partial charge in [-0.05, 0) is 47.6 Å². The van der Waals surface area contributed by atoms with E-state index in [4.69, 9.17) is 0 Å². The number of carbonyl (C=O) groups is 1. The lowest BCUT2D eigenvalue weighted by Crippen LogP contribution is -2.66. The molecule has 0 N–H and O–H groups in total. The van der Waals surface area contributed by atoms with Crippen molar-refractivity contribution in [3.8, 4) is 0 Å². The number of hydrogen-bond acceptors (Lipinski definition) is 3. The van der Waals surface area contributed by atoms with Crippen molar-refractivity contribution in [2.45, 2.75) is 58.2 Å². The zero-order valence-corrected chi connectivity index (χ0v) is 15.3. The van der Waals surface area contributed by atoms with E-state index in [1.165, 1.54) is 0 Å². The third-order valence-corrected chi connectivity index (χ3v) is 5.80. The first-order valence-corrected chi connectivity index (χ1v) is 8.74. The van der Waals surface area contributed by atoms with Crippen LogP contribution in [0.1, 0.15) is 40.5 Å². The van der Waals surface area contributed by atoms with Gasteiger partial charge in [-0.2, -0.15) is 0 Å². The monoisotopic (exact) mass is 310 g/mol. The van der Waals surface area contributed by atoms with Gasteiger partial charge in [-0.1, -0.05) is 0 Å². The SMILES string of the molecule is CC(C)N1CCN(C)C2(CCN(C(=O)N(C)C(C)C)CC2)C1. The van der Waals surface area contributed by atoms with Gasteiger partial charge in [-0.25, -0.2) is 4.79 Å². The van der Waals surface area contributed by atoms with Gasteiger partial charge in [0.05, 0.1) is 0 Å². The topological polar surface area (TPSA) is 30.0 Å². The molecule has 0 bridgehead atoms. The molecule has 0 aromatic carbocycles. The van der Waals surface area contributed by atoms with Crippen LogP contribution < -0.4 is 0 Å². The van der Waals surface area contributed by atoms with Crippen molar-refractivity contribution in [3.05, 3.63) is 0 Å². The van der Waals surface area contributed by atoms with Crippen LogP contribution in [0.15, 0.2) is 0 Å². The Balaban J connectivity index is 1.99. The van der Waals surface area contributed by atoms with E-state index in [1.807, 2.05) is 16.8 Å². The minimum atomic E-state index is 0.184. The third kappa shape index (κ3) is 3.40. The molecule has 0 aromatic rings. The Morgan fingerprint density at radius 1 is 1.05 bits per heavy atom. The molecule has 0 unspecified atom stereocenters. The van der Waals surface area contributed by atoms with E-state index in [-0.39, 0.29) is 17.6 Å². The van der Waals surface area contributed by atoms with Crippen molar-refractivity contribution in [3.63, 3.8) is 0 Å². The molecule has 0 radical (unpaired) electrons. The van der Waals surface area contributed by atoms with Crippen molar-refractivity contribution in [1.82, 2.24) is 19.6 Å². The Bertz CT molecular complexity index is 388. The van der Waals surface area contributed by atoms with Crippen LogP contribution in [0.2, 0.25) is 0 Å². The Hall–Kier alpha value is -0.810. The molecule has 0 atom stereocenters. The first-order chi connectivity index (χ1) is 10.3. The average molecular weight is 310 g/mol. The van der Waals surface area contributed by atoms with E-state index in [0.717, 1.165) is 45.6 Å². The summed E-state index contributed by atoms with van der Waals surface area (Å²) >= 11 is 0. The molecule has 128 valence electrons. The first kappa shape index (κ1) is 17.5. The van der Waals surface area contributed by atoms with Gasteiger partial charge in [0.15, 0.2) is 0 Å². The summed E-state index contributed by atoms with van der Waals surface area (Å²) in [5, 5.41) is 0. The molecule has 2 aliphatic rings. The number of likely N-dealkylation sites (N-methyl/N-ethyl adjacent to an activating group) is 1. The van der Waals surface area contributed by atoms with E-state index >= 15 is 0 Å². The second-order valence-corrected chi connectivity index (χ2v) is 7.68. The van der Waals surface area contributed by atoms with Crippen LogP contribution in [-0.2, 0) is 0 Å². The van der Waals surface area contributed by atoms with Gasteiger partial charge in [-0.3, -0.25) is 9.80 Å². The van der Waals surface area contributed by atoms with Gasteiger partial charge < -0.3 is 9.80 Å². The van der Waals surface area contributed by atoms with Crippen molar-refractivity contribution >= 4 is 6.03 Å². The molecule has 5 nitrogen and oxygen atoms in total. The van der Waals surface area contributed by atoms with Gasteiger partial charge in [0, 0.05) is 57.4 Å². The number of urea groups is 1. The van der Waals surface area contributed by atoms with E-state index in [9.17, 15) is 4.79 Å².